The fourth-order valence-electron chi connectivity index (χ4n) is 4.79. The van der Waals surface area contributed by atoms with Gasteiger partial charge < -0.3 is 25.2 Å². The third kappa shape index (κ3) is 4.50. The number of amides is 2. The predicted molar refractivity (Wildman–Crippen MR) is 125 cm³/mol. The average molecular weight is 467 g/mol. The summed E-state index contributed by atoms with van der Waals surface area (Å²) in [6.07, 6.45) is 0.679. The van der Waals surface area contributed by atoms with E-state index < -0.39 is 35.5 Å². The van der Waals surface area contributed by atoms with Crippen molar-refractivity contribution in [1.82, 2.24) is 10.6 Å². The number of carbonyl (C=O) groups excluding carboxylic acids is 2. The number of rotatable bonds is 9. The molecule has 4 rings (SSSR count). The quantitative estimate of drug-likeness (QED) is 0.523. The fourth-order valence-corrected chi connectivity index (χ4v) is 4.79. The molecular weight excluding hydrogens is 436 g/mol. The minimum Gasteiger partial charge on any atom is -0.480 e. The van der Waals surface area contributed by atoms with Gasteiger partial charge in [0.25, 0.3) is 0 Å². The Morgan fingerprint density at radius 3 is 2.15 bits per heavy atom. The van der Waals surface area contributed by atoms with E-state index in [1.54, 1.807) is 6.92 Å². The lowest BCUT2D eigenvalue weighted by atomic mass is 9.68. The van der Waals surface area contributed by atoms with Crippen LogP contribution in [0.3, 0.4) is 0 Å². The van der Waals surface area contributed by atoms with E-state index in [-0.39, 0.29) is 19.1 Å². The van der Waals surface area contributed by atoms with Gasteiger partial charge in [-0.2, -0.15) is 0 Å². The molecule has 34 heavy (non-hydrogen) atoms. The molecular formula is C26H30N2O6. The third-order valence-electron chi connectivity index (χ3n) is 7.10. The zero-order valence-electron chi connectivity index (χ0n) is 19.4. The molecule has 2 amide bonds. The van der Waals surface area contributed by atoms with Gasteiger partial charge in [0.15, 0.2) is 6.04 Å². The summed E-state index contributed by atoms with van der Waals surface area (Å²) in [7, 11) is 1.39. The van der Waals surface area contributed by atoms with Crippen LogP contribution in [0.15, 0.2) is 48.5 Å². The molecule has 0 aromatic heterocycles. The van der Waals surface area contributed by atoms with Crippen LogP contribution >= 0.6 is 0 Å². The lowest BCUT2D eigenvalue weighted by Crippen LogP contribution is -2.58. The van der Waals surface area contributed by atoms with Gasteiger partial charge in [0.05, 0.1) is 11.5 Å². The number of alkyl carbamates (subject to hydrolysis) is 1. The molecule has 1 saturated carbocycles. The maximum absolute atomic E-state index is 12.9. The Hall–Kier alpha value is -3.39. The summed E-state index contributed by atoms with van der Waals surface area (Å²) in [6.45, 7) is 1.86. The molecule has 8 nitrogen and oxygen atoms in total. The number of carboxylic acids is 1. The Kier molecular flexibility index (Phi) is 6.88. The first-order valence-corrected chi connectivity index (χ1v) is 11.5. The molecule has 0 spiro atoms. The van der Waals surface area contributed by atoms with Crippen LogP contribution in [0.25, 0.3) is 11.1 Å². The number of hydrogen-bond donors (Lipinski definition) is 3. The summed E-state index contributed by atoms with van der Waals surface area (Å²) in [4.78, 5) is 37.0. The van der Waals surface area contributed by atoms with Gasteiger partial charge in [-0.3, -0.25) is 4.79 Å². The van der Waals surface area contributed by atoms with Crippen molar-refractivity contribution in [3.8, 4) is 11.1 Å². The van der Waals surface area contributed by atoms with Crippen LogP contribution in [-0.4, -0.2) is 55.5 Å². The number of carboxylic acid groups (broad SMARTS) is 1. The van der Waals surface area contributed by atoms with Crippen molar-refractivity contribution in [2.75, 3.05) is 20.3 Å². The highest BCUT2D eigenvalue weighted by Gasteiger charge is 2.46. The zero-order chi connectivity index (χ0) is 24.3. The first kappa shape index (κ1) is 23.8. The molecule has 2 aromatic carbocycles. The number of aliphatic carboxylic acids is 1. The molecule has 0 aliphatic heterocycles. The Morgan fingerprint density at radius 2 is 1.65 bits per heavy atom. The smallest absolute Gasteiger partial charge is 0.407 e. The lowest BCUT2D eigenvalue weighted by molar-refractivity contribution is -0.149. The van der Waals surface area contributed by atoms with E-state index in [0.717, 1.165) is 28.7 Å². The topological polar surface area (TPSA) is 114 Å². The highest BCUT2D eigenvalue weighted by atomic mass is 16.5. The number of fused-ring (bicyclic) bond motifs is 3. The van der Waals surface area contributed by atoms with Gasteiger partial charge in [-0.25, -0.2) is 9.59 Å². The van der Waals surface area contributed by atoms with Crippen molar-refractivity contribution in [3.63, 3.8) is 0 Å². The molecule has 0 heterocycles. The second-order valence-corrected chi connectivity index (χ2v) is 9.04. The molecule has 2 aliphatic rings. The van der Waals surface area contributed by atoms with Crippen molar-refractivity contribution >= 4 is 18.0 Å². The number of ether oxygens (including phenoxy) is 2. The van der Waals surface area contributed by atoms with Gasteiger partial charge >= 0.3 is 12.1 Å². The van der Waals surface area contributed by atoms with E-state index in [1.807, 2.05) is 24.3 Å². The van der Waals surface area contributed by atoms with Crippen LogP contribution in [0, 0.1) is 5.41 Å². The average Bonchev–Trinajstić information content (AvgIpc) is 3.13. The largest absolute Gasteiger partial charge is 0.480 e. The molecule has 2 atom stereocenters. The molecule has 2 unspecified atom stereocenters. The van der Waals surface area contributed by atoms with Crippen LogP contribution in [0.4, 0.5) is 4.79 Å². The van der Waals surface area contributed by atoms with Gasteiger partial charge in [0.2, 0.25) is 5.91 Å². The summed E-state index contributed by atoms with van der Waals surface area (Å²) in [5.74, 6) is -1.61. The summed E-state index contributed by atoms with van der Waals surface area (Å²) in [6, 6.07) is 15.0. The molecule has 8 heteroatoms. The Bertz CT molecular complexity index is 1030. The number of hydrogen-bond acceptors (Lipinski definition) is 5. The van der Waals surface area contributed by atoms with E-state index in [4.69, 9.17) is 9.47 Å². The molecule has 3 N–H and O–H groups in total. The van der Waals surface area contributed by atoms with Crippen LogP contribution in [0.2, 0.25) is 0 Å². The maximum Gasteiger partial charge on any atom is 0.407 e. The van der Waals surface area contributed by atoms with E-state index in [9.17, 15) is 19.5 Å². The number of nitrogens with one attached hydrogen (secondary N) is 2. The van der Waals surface area contributed by atoms with Gasteiger partial charge in [-0.15, -0.1) is 0 Å². The van der Waals surface area contributed by atoms with Gasteiger partial charge in [0.1, 0.15) is 6.61 Å². The molecule has 1 fully saturated rings. The molecule has 180 valence electrons. The highest BCUT2D eigenvalue weighted by molar-refractivity contribution is 5.89. The van der Waals surface area contributed by atoms with E-state index in [1.165, 1.54) is 7.11 Å². The first-order chi connectivity index (χ1) is 16.4. The summed E-state index contributed by atoms with van der Waals surface area (Å²) < 4.78 is 10.6. The summed E-state index contributed by atoms with van der Waals surface area (Å²) in [5.41, 5.74) is 3.70. The SMILES string of the molecule is COC(C)C(NC(=O)C1(CNC(=O)OCC2c3ccccc3-c3ccccc32)CCC1)C(=O)O. The second kappa shape index (κ2) is 9.85. The van der Waals surface area contributed by atoms with E-state index in [2.05, 4.69) is 34.9 Å². The first-order valence-electron chi connectivity index (χ1n) is 11.5. The predicted octanol–water partition coefficient (Wildman–Crippen LogP) is 3.30. The van der Waals surface area contributed by atoms with E-state index in [0.29, 0.717) is 12.8 Å². The van der Waals surface area contributed by atoms with Crippen molar-refractivity contribution in [3.05, 3.63) is 59.7 Å². The lowest BCUT2D eigenvalue weighted by Gasteiger charge is -2.41. The third-order valence-corrected chi connectivity index (χ3v) is 7.10. The standard InChI is InChI=1S/C26H30N2O6/c1-16(33-2)22(23(29)30)28-24(31)26(12-7-13-26)15-27-25(32)34-14-21-19-10-5-3-8-17(19)18-9-4-6-11-20(18)21/h3-6,8-11,16,21-22H,7,12-15H2,1-2H3,(H,27,32)(H,28,31)(H,29,30). The Morgan fingerprint density at radius 1 is 1.06 bits per heavy atom. The summed E-state index contributed by atoms with van der Waals surface area (Å²) in [5, 5.41) is 14.7. The normalized spacial score (nSPS) is 17.5. The van der Waals surface area contributed by atoms with Crippen LogP contribution in [0.5, 0.6) is 0 Å². The fraction of sp³-hybridized carbons (Fsp3) is 0.423. The monoisotopic (exact) mass is 466 g/mol. The van der Waals surface area contributed by atoms with Crippen molar-refractivity contribution in [1.29, 1.82) is 0 Å². The highest BCUT2D eigenvalue weighted by Crippen LogP contribution is 2.44. The van der Waals surface area contributed by atoms with Crippen LogP contribution in [-0.2, 0) is 19.1 Å². The van der Waals surface area contributed by atoms with Crippen molar-refractivity contribution < 1.29 is 29.0 Å². The van der Waals surface area contributed by atoms with Gasteiger partial charge in [-0.05, 0) is 42.0 Å². The van der Waals surface area contributed by atoms with Gasteiger partial charge in [0, 0.05) is 19.6 Å². The molecule has 0 bridgehead atoms. The minimum absolute atomic E-state index is 0.0500. The molecule has 2 aromatic rings. The molecule has 0 radical (unpaired) electrons. The summed E-state index contributed by atoms with van der Waals surface area (Å²) >= 11 is 0. The van der Waals surface area contributed by atoms with Crippen molar-refractivity contribution in [2.45, 2.75) is 44.2 Å². The molecule has 2 aliphatic carbocycles. The van der Waals surface area contributed by atoms with Crippen LogP contribution < -0.4 is 10.6 Å². The van der Waals surface area contributed by atoms with Crippen molar-refractivity contribution in [2.24, 2.45) is 5.41 Å². The van der Waals surface area contributed by atoms with Crippen LogP contribution in [0.1, 0.15) is 43.2 Å². The Labute approximate surface area is 198 Å². The zero-order valence-corrected chi connectivity index (χ0v) is 19.4. The number of methoxy groups -OCH3 is 1. The maximum atomic E-state index is 12.9. The molecule has 0 saturated heterocycles. The Balaban J connectivity index is 1.36. The number of carbonyl (C=O) groups is 3. The second-order valence-electron chi connectivity index (χ2n) is 9.04. The minimum atomic E-state index is -1.17. The van der Waals surface area contributed by atoms with Gasteiger partial charge in [-0.1, -0.05) is 55.0 Å². The number of benzene rings is 2. The van der Waals surface area contributed by atoms with E-state index >= 15 is 0 Å².